The highest BCUT2D eigenvalue weighted by molar-refractivity contribution is 5.22. The summed E-state index contributed by atoms with van der Waals surface area (Å²) < 4.78 is 0. The van der Waals surface area contributed by atoms with E-state index in [9.17, 15) is 5.11 Å². The minimum absolute atomic E-state index is 0.317. The van der Waals surface area contributed by atoms with Crippen LogP contribution in [0.2, 0.25) is 0 Å². The number of rotatable bonds is 1. The summed E-state index contributed by atoms with van der Waals surface area (Å²) in [6, 6.07) is 0. The van der Waals surface area contributed by atoms with Crippen LogP contribution in [-0.2, 0) is 0 Å². The van der Waals surface area contributed by atoms with Crippen molar-refractivity contribution in [2.24, 2.45) is 17.3 Å². The lowest BCUT2D eigenvalue weighted by molar-refractivity contribution is -0.0124. The molecule has 2 aliphatic rings. The van der Waals surface area contributed by atoms with Crippen molar-refractivity contribution in [3.63, 3.8) is 0 Å². The van der Waals surface area contributed by atoms with Crippen molar-refractivity contribution in [2.45, 2.75) is 65.4 Å². The number of hydrogen-bond donors (Lipinski definition) is 1. The van der Waals surface area contributed by atoms with Crippen molar-refractivity contribution in [3.05, 3.63) is 11.6 Å². The van der Waals surface area contributed by atoms with Gasteiger partial charge in [0, 0.05) is 0 Å². The molecule has 0 aromatic rings. The predicted octanol–water partition coefficient (Wildman–Crippen LogP) is 3.92. The van der Waals surface area contributed by atoms with Gasteiger partial charge in [-0.1, -0.05) is 32.4 Å². The van der Waals surface area contributed by atoms with Gasteiger partial charge in [-0.25, -0.2) is 0 Å². The molecule has 0 heterocycles. The maximum atomic E-state index is 10.7. The van der Waals surface area contributed by atoms with Crippen LogP contribution in [0.5, 0.6) is 0 Å². The molecule has 0 aromatic heterocycles. The van der Waals surface area contributed by atoms with Gasteiger partial charge >= 0.3 is 0 Å². The molecule has 1 heteroatoms. The van der Waals surface area contributed by atoms with E-state index in [1.807, 2.05) is 0 Å². The van der Waals surface area contributed by atoms with Crippen LogP contribution in [0.25, 0.3) is 0 Å². The minimum atomic E-state index is -0.416. The average Bonchev–Trinajstić information content (AvgIpc) is 2.57. The van der Waals surface area contributed by atoms with Crippen LogP contribution < -0.4 is 0 Å². The Morgan fingerprint density at radius 1 is 1.38 bits per heavy atom. The molecule has 0 aromatic carbocycles. The minimum Gasteiger partial charge on any atom is -0.390 e. The summed E-state index contributed by atoms with van der Waals surface area (Å²) >= 11 is 0. The average molecular weight is 222 g/mol. The van der Waals surface area contributed by atoms with Gasteiger partial charge in [0.05, 0.1) is 5.60 Å². The Morgan fingerprint density at radius 3 is 2.56 bits per heavy atom. The Morgan fingerprint density at radius 2 is 2.06 bits per heavy atom. The molecule has 0 saturated heterocycles. The van der Waals surface area contributed by atoms with Gasteiger partial charge in [-0.15, -0.1) is 0 Å². The van der Waals surface area contributed by atoms with E-state index in [-0.39, 0.29) is 0 Å². The van der Waals surface area contributed by atoms with Crippen molar-refractivity contribution in [1.82, 2.24) is 0 Å². The molecule has 0 amide bonds. The smallest absolute Gasteiger partial charge is 0.0679 e. The van der Waals surface area contributed by atoms with Gasteiger partial charge in [0.25, 0.3) is 0 Å². The Balaban J connectivity index is 2.28. The van der Waals surface area contributed by atoms with Gasteiger partial charge in [-0.3, -0.25) is 0 Å². The molecule has 0 radical (unpaired) electrons. The Kier molecular flexibility index (Phi) is 2.94. The van der Waals surface area contributed by atoms with Crippen LogP contribution in [0.15, 0.2) is 11.6 Å². The highest BCUT2D eigenvalue weighted by atomic mass is 16.3. The van der Waals surface area contributed by atoms with Crippen LogP contribution in [0.1, 0.15) is 59.8 Å². The maximum Gasteiger partial charge on any atom is 0.0679 e. The second-order valence-corrected chi connectivity index (χ2v) is 6.46. The highest BCUT2D eigenvalue weighted by Crippen LogP contribution is 2.57. The van der Waals surface area contributed by atoms with E-state index in [0.717, 1.165) is 18.8 Å². The van der Waals surface area contributed by atoms with Gasteiger partial charge < -0.3 is 5.11 Å². The van der Waals surface area contributed by atoms with E-state index < -0.39 is 5.60 Å². The topological polar surface area (TPSA) is 20.2 Å². The van der Waals surface area contributed by atoms with Crippen molar-refractivity contribution in [2.75, 3.05) is 0 Å². The monoisotopic (exact) mass is 222 g/mol. The molecule has 0 unspecified atom stereocenters. The molecule has 1 fully saturated rings. The summed E-state index contributed by atoms with van der Waals surface area (Å²) in [7, 11) is 0. The van der Waals surface area contributed by atoms with E-state index in [1.165, 1.54) is 19.3 Å². The summed E-state index contributed by atoms with van der Waals surface area (Å²) in [6.45, 7) is 8.97. The quantitative estimate of drug-likeness (QED) is 0.667. The van der Waals surface area contributed by atoms with Crippen molar-refractivity contribution in [1.29, 1.82) is 0 Å². The first-order valence-corrected chi connectivity index (χ1v) is 6.80. The van der Waals surface area contributed by atoms with Gasteiger partial charge in [0.1, 0.15) is 0 Å². The van der Waals surface area contributed by atoms with Gasteiger partial charge in [-0.05, 0) is 56.3 Å². The normalized spacial score (nSPS) is 44.1. The molecule has 1 nitrogen and oxygen atoms in total. The molecule has 1 saturated carbocycles. The summed E-state index contributed by atoms with van der Waals surface area (Å²) in [5.74, 6) is 1.12. The molecule has 0 bridgehead atoms. The molecule has 2 aliphatic carbocycles. The predicted molar refractivity (Wildman–Crippen MR) is 68.2 cm³/mol. The Bertz CT molecular complexity index is 305. The molecular weight excluding hydrogens is 196 g/mol. The number of aliphatic hydroxyl groups is 1. The summed E-state index contributed by atoms with van der Waals surface area (Å²) in [6.07, 6.45) is 8.10. The fraction of sp³-hybridized carbons (Fsp3) is 0.867. The maximum absolute atomic E-state index is 10.7. The summed E-state index contributed by atoms with van der Waals surface area (Å²) in [5.41, 5.74) is 1.45. The van der Waals surface area contributed by atoms with Crippen LogP contribution in [0.4, 0.5) is 0 Å². The lowest BCUT2D eigenvalue weighted by Crippen LogP contribution is -2.37. The van der Waals surface area contributed by atoms with Gasteiger partial charge in [-0.2, -0.15) is 0 Å². The van der Waals surface area contributed by atoms with E-state index in [4.69, 9.17) is 0 Å². The first-order chi connectivity index (χ1) is 7.41. The lowest BCUT2D eigenvalue weighted by atomic mass is 9.64. The number of allylic oxidation sites excluding steroid dienone is 2. The molecular formula is C15H26O. The number of hydrogen-bond acceptors (Lipinski definition) is 1. The third-order valence-corrected chi connectivity index (χ3v) is 5.48. The fourth-order valence-corrected chi connectivity index (χ4v) is 3.83. The molecule has 1 spiro atoms. The zero-order valence-electron chi connectivity index (χ0n) is 11.2. The third kappa shape index (κ3) is 1.64. The SMILES string of the molecule is CC1=CCC[C@H](C)[C@@]12CC[C@](O)(C(C)C)C2. The zero-order chi connectivity index (χ0) is 12.0. The zero-order valence-corrected chi connectivity index (χ0v) is 11.2. The Labute approximate surface area is 99.9 Å². The third-order valence-electron chi connectivity index (χ3n) is 5.48. The van der Waals surface area contributed by atoms with Crippen LogP contribution in [0, 0.1) is 17.3 Å². The van der Waals surface area contributed by atoms with E-state index >= 15 is 0 Å². The Hall–Kier alpha value is -0.300. The molecule has 1 N–H and O–H groups in total. The van der Waals surface area contributed by atoms with Crippen LogP contribution >= 0.6 is 0 Å². The van der Waals surface area contributed by atoms with E-state index in [2.05, 4.69) is 33.8 Å². The molecule has 3 atom stereocenters. The van der Waals surface area contributed by atoms with Gasteiger partial charge in [0.15, 0.2) is 0 Å². The summed E-state index contributed by atoms with van der Waals surface area (Å²) in [5, 5.41) is 10.7. The second kappa shape index (κ2) is 3.87. The molecule has 92 valence electrons. The van der Waals surface area contributed by atoms with Crippen molar-refractivity contribution >= 4 is 0 Å². The lowest BCUT2D eigenvalue weighted by Gasteiger charge is -2.41. The van der Waals surface area contributed by atoms with Gasteiger partial charge in [0.2, 0.25) is 0 Å². The van der Waals surface area contributed by atoms with E-state index in [1.54, 1.807) is 5.57 Å². The summed E-state index contributed by atoms with van der Waals surface area (Å²) in [4.78, 5) is 0. The molecule has 2 rings (SSSR count). The first-order valence-electron chi connectivity index (χ1n) is 6.80. The van der Waals surface area contributed by atoms with Crippen LogP contribution in [0.3, 0.4) is 0 Å². The molecule has 16 heavy (non-hydrogen) atoms. The fourth-order valence-electron chi connectivity index (χ4n) is 3.83. The highest BCUT2D eigenvalue weighted by Gasteiger charge is 2.52. The van der Waals surface area contributed by atoms with E-state index in [0.29, 0.717) is 11.3 Å². The molecule has 0 aliphatic heterocycles. The standard InChI is InChI=1S/C15H26O/c1-11(2)15(16)9-8-14(10-15)12(3)6-5-7-13(14)4/h6,11,13,16H,5,7-10H2,1-4H3/t13-,14+,15+/m0/s1. The van der Waals surface area contributed by atoms with Crippen molar-refractivity contribution < 1.29 is 5.11 Å². The second-order valence-electron chi connectivity index (χ2n) is 6.46. The van der Waals surface area contributed by atoms with Crippen LogP contribution in [-0.4, -0.2) is 10.7 Å². The van der Waals surface area contributed by atoms with Crippen molar-refractivity contribution in [3.8, 4) is 0 Å². The first kappa shape index (κ1) is 12.2. The largest absolute Gasteiger partial charge is 0.390 e.